The molecule has 0 aromatic carbocycles. The molecular weight excluding hydrogens is 176 g/mol. The Morgan fingerprint density at radius 1 is 1.64 bits per heavy atom. The summed E-state index contributed by atoms with van der Waals surface area (Å²) >= 11 is 0. The molecule has 1 aromatic heterocycles. The molecule has 2 heterocycles. The van der Waals surface area contributed by atoms with Crippen LogP contribution < -0.4 is 0 Å². The molecule has 0 saturated carbocycles. The molecule has 1 aliphatic heterocycles. The van der Waals surface area contributed by atoms with E-state index in [-0.39, 0.29) is 0 Å². The first kappa shape index (κ1) is 9.29. The van der Waals surface area contributed by atoms with Gasteiger partial charge in [-0.2, -0.15) is 5.26 Å². The number of nitrogens with zero attached hydrogens (tertiary/aromatic N) is 2. The molecule has 1 fully saturated rings. The second-order valence-electron chi connectivity index (χ2n) is 3.72. The number of hydrogen-bond donors (Lipinski definition) is 0. The summed E-state index contributed by atoms with van der Waals surface area (Å²) in [6, 6.07) is 5.96. The van der Waals surface area contributed by atoms with Crippen molar-refractivity contribution in [3.63, 3.8) is 0 Å². The molecule has 14 heavy (non-hydrogen) atoms. The van der Waals surface area contributed by atoms with Gasteiger partial charge in [-0.15, -0.1) is 0 Å². The molecule has 0 amide bonds. The Kier molecular flexibility index (Phi) is 2.85. The van der Waals surface area contributed by atoms with Crippen molar-refractivity contribution in [2.75, 3.05) is 13.2 Å². The van der Waals surface area contributed by atoms with E-state index in [1.165, 1.54) is 6.42 Å². The van der Waals surface area contributed by atoms with Gasteiger partial charge in [-0.3, -0.25) is 0 Å². The van der Waals surface area contributed by atoms with Crippen LogP contribution in [0.4, 0.5) is 0 Å². The number of rotatable bonds is 3. The summed E-state index contributed by atoms with van der Waals surface area (Å²) in [7, 11) is 0. The van der Waals surface area contributed by atoms with Crippen LogP contribution in [0, 0.1) is 17.2 Å². The van der Waals surface area contributed by atoms with Gasteiger partial charge in [0.1, 0.15) is 11.8 Å². The number of nitriles is 1. The predicted octanol–water partition coefficient (Wildman–Crippen LogP) is 1.79. The van der Waals surface area contributed by atoms with Gasteiger partial charge in [0.05, 0.1) is 0 Å². The predicted molar refractivity (Wildman–Crippen MR) is 52.7 cm³/mol. The van der Waals surface area contributed by atoms with Gasteiger partial charge in [0.2, 0.25) is 0 Å². The molecule has 3 heteroatoms. The quantitative estimate of drug-likeness (QED) is 0.728. The smallest absolute Gasteiger partial charge is 0.120 e. The lowest BCUT2D eigenvalue weighted by Crippen LogP contribution is -2.06. The fourth-order valence-corrected chi connectivity index (χ4v) is 1.84. The second-order valence-corrected chi connectivity index (χ2v) is 3.72. The molecule has 0 spiro atoms. The van der Waals surface area contributed by atoms with Crippen molar-refractivity contribution in [3.05, 3.63) is 24.0 Å². The van der Waals surface area contributed by atoms with E-state index in [0.29, 0.717) is 5.92 Å². The fourth-order valence-electron chi connectivity index (χ4n) is 1.84. The van der Waals surface area contributed by atoms with Gasteiger partial charge in [0.25, 0.3) is 0 Å². The first-order valence-corrected chi connectivity index (χ1v) is 5.03. The molecule has 74 valence electrons. The summed E-state index contributed by atoms with van der Waals surface area (Å²) in [6.45, 7) is 2.73. The van der Waals surface area contributed by atoms with E-state index in [0.717, 1.165) is 31.9 Å². The van der Waals surface area contributed by atoms with E-state index in [4.69, 9.17) is 10.00 Å². The molecule has 0 bridgehead atoms. The minimum atomic E-state index is 0.684. The Morgan fingerprint density at radius 2 is 2.57 bits per heavy atom. The van der Waals surface area contributed by atoms with Crippen LogP contribution in [0.15, 0.2) is 18.3 Å². The zero-order valence-electron chi connectivity index (χ0n) is 8.15. The van der Waals surface area contributed by atoms with Crippen LogP contribution in [0.5, 0.6) is 0 Å². The van der Waals surface area contributed by atoms with E-state index in [2.05, 4.69) is 6.07 Å². The summed E-state index contributed by atoms with van der Waals surface area (Å²) in [4.78, 5) is 0. The molecule has 2 rings (SSSR count). The van der Waals surface area contributed by atoms with Crippen LogP contribution in [-0.2, 0) is 11.3 Å². The first-order valence-electron chi connectivity index (χ1n) is 5.03. The summed E-state index contributed by atoms with van der Waals surface area (Å²) in [6.07, 6.45) is 4.25. The SMILES string of the molecule is N#Cc1cccn1CCC1CCOC1. The molecule has 1 saturated heterocycles. The number of aromatic nitrogens is 1. The van der Waals surface area contributed by atoms with Gasteiger partial charge in [0.15, 0.2) is 0 Å². The maximum atomic E-state index is 8.80. The number of aryl methyl sites for hydroxylation is 1. The lowest BCUT2D eigenvalue weighted by atomic mass is 10.1. The highest BCUT2D eigenvalue weighted by atomic mass is 16.5. The van der Waals surface area contributed by atoms with Crippen LogP contribution in [0.2, 0.25) is 0 Å². The van der Waals surface area contributed by atoms with Crippen LogP contribution in [0.3, 0.4) is 0 Å². The largest absolute Gasteiger partial charge is 0.381 e. The minimum Gasteiger partial charge on any atom is -0.381 e. The third kappa shape index (κ3) is 1.97. The highest BCUT2D eigenvalue weighted by molar-refractivity contribution is 5.21. The van der Waals surface area contributed by atoms with Crippen molar-refractivity contribution in [2.45, 2.75) is 19.4 Å². The topological polar surface area (TPSA) is 38.0 Å². The standard InChI is InChI=1S/C11H14N2O/c12-8-11-2-1-5-13(11)6-3-10-4-7-14-9-10/h1-2,5,10H,3-4,6-7,9H2. The van der Waals surface area contributed by atoms with Crippen LogP contribution >= 0.6 is 0 Å². The number of ether oxygens (including phenoxy) is 1. The average molecular weight is 190 g/mol. The minimum absolute atomic E-state index is 0.684. The van der Waals surface area contributed by atoms with Gasteiger partial charge >= 0.3 is 0 Å². The van der Waals surface area contributed by atoms with Gasteiger partial charge in [0, 0.05) is 26.0 Å². The second kappa shape index (κ2) is 4.30. The molecule has 0 aliphatic carbocycles. The summed E-state index contributed by atoms with van der Waals surface area (Å²) in [5.41, 5.74) is 0.754. The van der Waals surface area contributed by atoms with E-state index >= 15 is 0 Å². The van der Waals surface area contributed by atoms with Crippen molar-refractivity contribution in [1.29, 1.82) is 5.26 Å². The Hall–Kier alpha value is -1.27. The van der Waals surface area contributed by atoms with Gasteiger partial charge in [-0.25, -0.2) is 0 Å². The maximum Gasteiger partial charge on any atom is 0.120 e. The van der Waals surface area contributed by atoms with Crippen molar-refractivity contribution in [1.82, 2.24) is 4.57 Å². The first-order chi connectivity index (χ1) is 6.90. The van der Waals surface area contributed by atoms with Crippen LogP contribution in [0.1, 0.15) is 18.5 Å². The molecule has 1 aromatic rings. The van der Waals surface area contributed by atoms with Crippen molar-refractivity contribution in [3.8, 4) is 6.07 Å². The Labute approximate surface area is 83.9 Å². The zero-order chi connectivity index (χ0) is 9.80. The lowest BCUT2D eigenvalue weighted by Gasteiger charge is -2.08. The number of hydrogen-bond acceptors (Lipinski definition) is 2. The van der Waals surface area contributed by atoms with Gasteiger partial charge in [-0.1, -0.05) is 0 Å². The third-order valence-corrected chi connectivity index (χ3v) is 2.75. The van der Waals surface area contributed by atoms with Crippen molar-refractivity contribution < 1.29 is 4.74 Å². The molecule has 1 atom stereocenters. The highest BCUT2D eigenvalue weighted by Crippen LogP contribution is 2.17. The van der Waals surface area contributed by atoms with Crippen LogP contribution in [0.25, 0.3) is 0 Å². The molecule has 0 radical (unpaired) electrons. The normalized spacial score (nSPS) is 20.9. The van der Waals surface area contributed by atoms with Gasteiger partial charge < -0.3 is 9.30 Å². The Bertz CT molecular complexity index is 331. The monoisotopic (exact) mass is 190 g/mol. The molecule has 1 aliphatic rings. The molecule has 3 nitrogen and oxygen atoms in total. The average Bonchev–Trinajstić information content (AvgIpc) is 2.85. The van der Waals surface area contributed by atoms with E-state index in [9.17, 15) is 0 Å². The van der Waals surface area contributed by atoms with E-state index < -0.39 is 0 Å². The van der Waals surface area contributed by atoms with E-state index in [1.54, 1.807) is 0 Å². The maximum absolute atomic E-state index is 8.80. The Balaban J connectivity index is 1.88. The zero-order valence-corrected chi connectivity index (χ0v) is 8.15. The van der Waals surface area contributed by atoms with Crippen LogP contribution in [-0.4, -0.2) is 17.8 Å². The fraction of sp³-hybridized carbons (Fsp3) is 0.545. The molecular formula is C11H14N2O. The lowest BCUT2D eigenvalue weighted by molar-refractivity contribution is 0.183. The van der Waals surface area contributed by atoms with E-state index in [1.807, 2.05) is 22.9 Å². The van der Waals surface area contributed by atoms with Crippen molar-refractivity contribution >= 4 is 0 Å². The molecule has 1 unspecified atom stereocenters. The highest BCUT2D eigenvalue weighted by Gasteiger charge is 2.15. The summed E-state index contributed by atoms with van der Waals surface area (Å²) in [5.74, 6) is 0.684. The van der Waals surface area contributed by atoms with Crippen molar-refractivity contribution in [2.24, 2.45) is 5.92 Å². The van der Waals surface area contributed by atoms with Gasteiger partial charge in [-0.05, 0) is 30.9 Å². The molecule has 0 N–H and O–H groups in total. The third-order valence-electron chi connectivity index (χ3n) is 2.75. The summed E-state index contributed by atoms with van der Waals surface area (Å²) in [5, 5.41) is 8.80. The Morgan fingerprint density at radius 3 is 3.29 bits per heavy atom. The summed E-state index contributed by atoms with van der Waals surface area (Å²) < 4.78 is 7.32.